The zero-order valence-corrected chi connectivity index (χ0v) is 16.7. The van der Waals surface area contributed by atoms with Crippen LogP contribution in [0.4, 0.5) is 0 Å². The fourth-order valence-corrected chi connectivity index (χ4v) is 2.74. The number of ether oxygens (including phenoxy) is 3. The Morgan fingerprint density at radius 2 is 1.74 bits per heavy atom. The maximum Gasteiger partial charge on any atom is 0.273 e. The number of nitrogens with one attached hydrogen (secondary N) is 2. The first-order valence-corrected chi connectivity index (χ1v) is 9.10. The summed E-state index contributed by atoms with van der Waals surface area (Å²) in [4.78, 5) is 24.6. The summed E-state index contributed by atoms with van der Waals surface area (Å²) in [6.45, 7) is 3.24. The molecule has 8 heteroatoms. The van der Waals surface area contributed by atoms with E-state index < -0.39 is 11.8 Å². The zero-order valence-electron chi connectivity index (χ0n) is 15.1. The molecule has 0 saturated heterocycles. The van der Waals surface area contributed by atoms with Crippen LogP contribution in [0.15, 0.2) is 46.9 Å². The highest BCUT2D eigenvalue weighted by atomic mass is 79.9. The van der Waals surface area contributed by atoms with Crippen molar-refractivity contribution in [2.75, 3.05) is 26.9 Å². The first-order valence-electron chi connectivity index (χ1n) is 8.30. The van der Waals surface area contributed by atoms with Gasteiger partial charge in [-0.05, 0) is 53.2 Å². The van der Waals surface area contributed by atoms with Gasteiger partial charge in [-0.2, -0.15) is 0 Å². The molecule has 0 aliphatic rings. The van der Waals surface area contributed by atoms with Crippen LogP contribution in [0.1, 0.15) is 27.6 Å². The average Bonchev–Trinajstić information content (AvgIpc) is 2.69. The molecular weight excluding hydrogens is 416 g/mol. The maximum absolute atomic E-state index is 12.4. The van der Waals surface area contributed by atoms with Crippen LogP contribution in [0, 0.1) is 0 Å². The number of carbonyl (C=O) groups is 2. The van der Waals surface area contributed by atoms with Crippen molar-refractivity contribution in [2.24, 2.45) is 0 Å². The molecule has 0 fully saturated rings. The summed E-state index contributed by atoms with van der Waals surface area (Å²) in [6, 6.07) is 11.6. The summed E-state index contributed by atoms with van der Waals surface area (Å²) in [5, 5.41) is 0. The van der Waals surface area contributed by atoms with Gasteiger partial charge >= 0.3 is 0 Å². The van der Waals surface area contributed by atoms with E-state index in [0.717, 1.165) is 0 Å². The lowest BCUT2D eigenvalue weighted by Crippen LogP contribution is -2.41. The van der Waals surface area contributed by atoms with E-state index in [1.165, 1.54) is 7.11 Å². The quantitative estimate of drug-likeness (QED) is 0.490. The van der Waals surface area contributed by atoms with Gasteiger partial charge in [0.05, 0.1) is 23.8 Å². The van der Waals surface area contributed by atoms with Crippen LogP contribution in [0.3, 0.4) is 0 Å². The third-order valence-electron chi connectivity index (χ3n) is 3.52. The van der Waals surface area contributed by atoms with E-state index >= 15 is 0 Å². The zero-order chi connectivity index (χ0) is 19.6. The van der Waals surface area contributed by atoms with Gasteiger partial charge < -0.3 is 14.2 Å². The van der Waals surface area contributed by atoms with E-state index in [9.17, 15) is 9.59 Å². The largest absolute Gasteiger partial charge is 0.496 e. The Morgan fingerprint density at radius 3 is 2.44 bits per heavy atom. The van der Waals surface area contributed by atoms with Gasteiger partial charge in [-0.25, -0.2) is 0 Å². The highest BCUT2D eigenvalue weighted by Gasteiger charge is 2.14. The number of amides is 2. The normalized spacial score (nSPS) is 10.2. The van der Waals surface area contributed by atoms with Gasteiger partial charge in [0, 0.05) is 12.2 Å². The van der Waals surface area contributed by atoms with Crippen molar-refractivity contribution in [3.63, 3.8) is 0 Å². The molecule has 2 N–H and O–H groups in total. The lowest BCUT2D eigenvalue weighted by atomic mass is 10.2. The fraction of sp³-hybridized carbons (Fsp3) is 0.263. The minimum atomic E-state index is -0.483. The summed E-state index contributed by atoms with van der Waals surface area (Å²) >= 11 is 3.32. The number of carbonyl (C=O) groups excluding carboxylic acids is 2. The van der Waals surface area contributed by atoms with Crippen molar-refractivity contribution in [1.29, 1.82) is 0 Å². The predicted molar refractivity (Wildman–Crippen MR) is 104 cm³/mol. The van der Waals surface area contributed by atoms with Crippen molar-refractivity contribution < 1.29 is 23.8 Å². The van der Waals surface area contributed by atoms with Crippen LogP contribution < -0.4 is 20.3 Å². The second-order valence-electron chi connectivity index (χ2n) is 5.30. The number of methoxy groups -OCH3 is 1. The molecule has 0 radical (unpaired) electrons. The van der Waals surface area contributed by atoms with Crippen LogP contribution in [-0.4, -0.2) is 38.7 Å². The second kappa shape index (κ2) is 10.5. The maximum atomic E-state index is 12.4. The van der Waals surface area contributed by atoms with E-state index in [-0.39, 0.29) is 0 Å². The Hall–Kier alpha value is -2.58. The molecule has 27 heavy (non-hydrogen) atoms. The number of halogens is 1. The molecule has 0 atom stereocenters. The second-order valence-corrected chi connectivity index (χ2v) is 6.15. The van der Waals surface area contributed by atoms with E-state index in [1.807, 2.05) is 6.92 Å². The summed E-state index contributed by atoms with van der Waals surface area (Å²) in [6.07, 6.45) is 0. The number of para-hydroxylation sites is 1. The highest BCUT2D eigenvalue weighted by molar-refractivity contribution is 9.10. The monoisotopic (exact) mass is 436 g/mol. The van der Waals surface area contributed by atoms with Crippen molar-refractivity contribution in [3.8, 4) is 11.5 Å². The number of hydrogen-bond acceptors (Lipinski definition) is 5. The van der Waals surface area contributed by atoms with Gasteiger partial charge in [-0.3, -0.25) is 20.4 Å². The molecule has 7 nitrogen and oxygen atoms in total. The minimum Gasteiger partial charge on any atom is -0.496 e. The van der Waals surface area contributed by atoms with Crippen LogP contribution in [0.5, 0.6) is 11.5 Å². The Bertz CT molecular complexity index is 797. The number of benzene rings is 2. The number of hydrazine groups is 1. The summed E-state index contributed by atoms with van der Waals surface area (Å²) in [5.74, 6) is 0.0780. The van der Waals surface area contributed by atoms with Gasteiger partial charge in [0.2, 0.25) is 0 Å². The van der Waals surface area contributed by atoms with Gasteiger partial charge in [-0.1, -0.05) is 12.1 Å². The topological polar surface area (TPSA) is 85.9 Å². The minimum absolute atomic E-state index is 0.310. The Balaban J connectivity index is 1.97. The third kappa shape index (κ3) is 5.97. The average molecular weight is 437 g/mol. The molecule has 144 valence electrons. The smallest absolute Gasteiger partial charge is 0.273 e. The lowest BCUT2D eigenvalue weighted by molar-refractivity contribution is 0.0840. The van der Waals surface area contributed by atoms with Crippen molar-refractivity contribution >= 4 is 27.7 Å². The molecule has 0 spiro atoms. The Morgan fingerprint density at radius 1 is 1.00 bits per heavy atom. The van der Waals surface area contributed by atoms with Gasteiger partial charge in [-0.15, -0.1) is 0 Å². The van der Waals surface area contributed by atoms with Crippen LogP contribution >= 0.6 is 15.9 Å². The first kappa shape index (κ1) is 20.7. The van der Waals surface area contributed by atoms with E-state index in [1.54, 1.807) is 42.5 Å². The van der Waals surface area contributed by atoms with E-state index in [2.05, 4.69) is 26.8 Å². The number of rotatable bonds is 8. The van der Waals surface area contributed by atoms with Crippen LogP contribution in [0.2, 0.25) is 0 Å². The van der Waals surface area contributed by atoms with Gasteiger partial charge in [0.1, 0.15) is 18.1 Å². The molecule has 2 aromatic rings. The molecule has 0 heterocycles. The summed E-state index contributed by atoms with van der Waals surface area (Å²) in [7, 11) is 1.54. The molecule has 0 aliphatic heterocycles. The molecule has 0 bridgehead atoms. The Labute approximate surface area is 166 Å². The molecule has 0 saturated carbocycles. The Kier molecular flexibility index (Phi) is 8.09. The third-order valence-corrected chi connectivity index (χ3v) is 4.14. The van der Waals surface area contributed by atoms with Crippen LogP contribution in [0.25, 0.3) is 0 Å². The molecule has 2 rings (SSSR count). The van der Waals surface area contributed by atoms with E-state index in [0.29, 0.717) is 46.9 Å². The molecule has 2 amide bonds. The van der Waals surface area contributed by atoms with E-state index in [4.69, 9.17) is 14.2 Å². The van der Waals surface area contributed by atoms with Crippen molar-refractivity contribution in [2.45, 2.75) is 6.92 Å². The molecule has 0 aromatic heterocycles. The molecule has 0 unspecified atom stereocenters. The summed E-state index contributed by atoms with van der Waals surface area (Å²) in [5.41, 5.74) is 5.45. The first-order chi connectivity index (χ1) is 13.1. The highest BCUT2D eigenvalue weighted by Crippen LogP contribution is 2.25. The molecule has 2 aromatic carbocycles. The van der Waals surface area contributed by atoms with Gasteiger partial charge in [0.25, 0.3) is 11.8 Å². The summed E-state index contributed by atoms with van der Waals surface area (Å²) < 4.78 is 16.6. The predicted octanol–water partition coefficient (Wildman–Crippen LogP) is 2.95. The molecular formula is C19H21BrN2O5. The fourth-order valence-electron chi connectivity index (χ4n) is 2.20. The van der Waals surface area contributed by atoms with Crippen molar-refractivity contribution in [3.05, 3.63) is 58.1 Å². The van der Waals surface area contributed by atoms with Gasteiger partial charge in [0.15, 0.2) is 0 Å². The lowest BCUT2D eigenvalue weighted by Gasteiger charge is -2.12. The van der Waals surface area contributed by atoms with Crippen molar-refractivity contribution in [1.82, 2.24) is 10.9 Å². The SMILES string of the molecule is CCOCCOc1ccccc1C(=O)NNC(=O)c1ccc(OC)c(Br)c1. The number of hydrogen-bond donors (Lipinski definition) is 2. The molecule has 0 aliphatic carbocycles. The standard InChI is InChI=1S/C19H21BrN2O5/c1-3-26-10-11-27-16-7-5-4-6-14(16)19(24)22-21-18(23)13-8-9-17(25-2)15(20)12-13/h4-9,12H,3,10-11H2,1-2H3,(H,21,23)(H,22,24). The van der Waals surface area contributed by atoms with Crippen LogP contribution in [-0.2, 0) is 4.74 Å².